The molecule has 0 heterocycles. The number of methoxy groups -OCH3 is 1. The first-order chi connectivity index (χ1) is 17.3. The molecule has 0 aliphatic heterocycles. The van der Waals surface area contributed by atoms with Crippen molar-refractivity contribution in [1.82, 2.24) is 0 Å². The SMILES string of the molecule is COCCC(F)(F)C(F)(F)C(F)(C(F)(F)F)C(F)(F)C(F)(F)C(F)(F)C(F)(F)C(C(F)(F)F)(C(F)(F)F)C(F)(F)F. The Morgan fingerprint density at radius 2 is 0.659 bits per heavy atom. The minimum atomic E-state index is -9.93. The minimum Gasteiger partial charge on any atom is -0.384 e. The van der Waals surface area contributed by atoms with Crippen molar-refractivity contribution in [2.45, 2.75) is 72.3 Å². The van der Waals surface area contributed by atoms with Crippen molar-refractivity contribution < 1.29 is 114 Å². The smallest absolute Gasteiger partial charge is 0.384 e. The van der Waals surface area contributed by atoms with Gasteiger partial charge in [-0.25, -0.2) is 4.39 Å². The molecular formula is C15H7F25O. The second-order valence-corrected chi connectivity index (χ2v) is 7.72. The molecule has 248 valence electrons. The molecule has 0 N–H and O–H groups in total. The minimum absolute atomic E-state index is 0.222. The summed E-state index contributed by atoms with van der Waals surface area (Å²) >= 11 is 0. The Balaban J connectivity index is 8.06. The predicted molar refractivity (Wildman–Crippen MR) is 76.7 cm³/mol. The van der Waals surface area contributed by atoms with Crippen LogP contribution >= 0.6 is 0 Å². The van der Waals surface area contributed by atoms with Crippen LogP contribution in [-0.2, 0) is 4.74 Å². The van der Waals surface area contributed by atoms with Gasteiger partial charge in [-0.2, -0.15) is 105 Å². The van der Waals surface area contributed by atoms with Crippen LogP contribution in [0.4, 0.5) is 110 Å². The molecule has 0 saturated heterocycles. The van der Waals surface area contributed by atoms with Crippen molar-refractivity contribution in [3.8, 4) is 0 Å². The number of hydrogen-bond donors (Lipinski definition) is 0. The highest BCUT2D eigenvalue weighted by Crippen LogP contribution is 2.73. The van der Waals surface area contributed by atoms with Gasteiger partial charge in [0.05, 0.1) is 6.61 Å². The Hall–Kier alpha value is -1.79. The number of hydrogen-bond acceptors (Lipinski definition) is 1. The average Bonchev–Trinajstić information content (AvgIpc) is 2.66. The van der Waals surface area contributed by atoms with Crippen LogP contribution < -0.4 is 0 Å². The third kappa shape index (κ3) is 4.80. The van der Waals surface area contributed by atoms with Gasteiger partial charge < -0.3 is 4.74 Å². The summed E-state index contributed by atoms with van der Waals surface area (Å²) in [5.74, 6) is -55.1. The van der Waals surface area contributed by atoms with Gasteiger partial charge in [-0.1, -0.05) is 0 Å². The third-order valence-corrected chi connectivity index (χ3v) is 5.27. The molecule has 0 bridgehead atoms. The van der Waals surface area contributed by atoms with E-state index in [0.717, 1.165) is 0 Å². The van der Waals surface area contributed by atoms with Crippen LogP contribution in [0, 0.1) is 5.41 Å². The van der Waals surface area contributed by atoms with Gasteiger partial charge in [0.15, 0.2) is 0 Å². The molecule has 0 spiro atoms. The molecule has 0 amide bonds. The lowest BCUT2D eigenvalue weighted by Crippen LogP contribution is -2.82. The predicted octanol–water partition coefficient (Wildman–Crippen LogP) is 8.78. The van der Waals surface area contributed by atoms with E-state index in [1.807, 2.05) is 0 Å². The maximum Gasteiger partial charge on any atom is 0.435 e. The zero-order valence-electron chi connectivity index (χ0n) is 18.3. The largest absolute Gasteiger partial charge is 0.435 e. The molecule has 26 heteroatoms. The van der Waals surface area contributed by atoms with E-state index in [1.54, 1.807) is 0 Å². The summed E-state index contributed by atoms with van der Waals surface area (Å²) in [7, 11) is 0.222. The lowest BCUT2D eigenvalue weighted by molar-refractivity contribution is -0.521. The second kappa shape index (κ2) is 9.87. The van der Waals surface area contributed by atoms with Gasteiger partial charge in [0.2, 0.25) is 0 Å². The summed E-state index contributed by atoms with van der Waals surface area (Å²) in [4.78, 5) is 0. The number of rotatable bonds is 10. The molecule has 0 rings (SSSR count). The van der Waals surface area contributed by atoms with Crippen LogP contribution in [0.1, 0.15) is 6.42 Å². The van der Waals surface area contributed by atoms with E-state index in [2.05, 4.69) is 4.74 Å². The number of ether oxygens (including phenoxy) is 1. The van der Waals surface area contributed by atoms with E-state index in [1.165, 1.54) is 0 Å². The first-order valence-electron chi connectivity index (χ1n) is 9.03. The van der Waals surface area contributed by atoms with Gasteiger partial charge in [-0.3, -0.25) is 0 Å². The fourth-order valence-electron chi connectivity index (χ4n) is 3.05. The normalized spacial score (nSPS) is 18.0. The lowest BCUT2D eigenvalue weighted by Gasteiger charge is -2.50. The van der Waals surface area contributed by atoms with E-state index in [4.69, 9.17) is 0 Å². The van der Waals surface area contributed by atoms with Gasteiger partial charge in [0.1, 0.15) is 0 Å². The summed E-state index contributed by atoms with van der Waals surface area (Å²) in [6, 6.07) is 0. The molecule has 41 heavy (non-hydrogen) atoms. The average molecular weight is 678 g/mol. The van der Waals surface area contributed by atoms with Crippen molar-refractivity contribution in [3.05, 3.63) is 0 Å². The van der Waals surface area contributed by atoms with E-state index >= 15 is 0 Å². The first-order valence-corrected chi connectivity index (χ1v) is 9.03. The van der Waals surface area contributed by atoms with E-state index in [-0.39, 0.29) is 7.11 Å². The number of halogens is 25. The van der Waals surface area contributed by atoms with Crippen molar-refractivity contribution in [3.63, 3.8) is 0 Å². The summed E-state index contributed by atoms with van der Waals surface area (Å²) in [5.41, 5.74) is -19.0. The summed E-state index contributed by atoms with van der Waals surface area (Å²) in [6.45, 7) is -2.04. The highest BCUT2D eigenvalue weighted by molar-refractivity contribution is 5.24. The van der Waals surface area contributed by atoms with Gasteiger partial charge in [-0.05, 0) is 0 Å². The summed E-state index contributed by atoms with van der Waals surface area (Å²) in [5, 5.41) is 0. The maximum absolute atomic E-state index is 14.3. The van der Waals surface area contributed by atoms with E-state index in [9.17, 15) is 110 Å². The van der Waals surface area contributed by atoms with Crippen molar-refractivity contribution >= 4 is 0 Å². The Bertz CT molecular complexity index is 879. The molecule has 0 aromatic rings. The van der Waals surface area contributed by atoms with E-state index < -0.39 is 84.4 Å². The first kappa shape index (κ1) is 39.2. The fraction of sp³-hybridized carbons (Fsp3) is 1.00. The molecular weight excluding hydrogens is 671 g/mol. The Labute approximate surface area is 207 Å². The van der Waals surface area contributed by atoms with Crippen LogP contribution in [0.25, 0.3) is 0 Å². The molecule has 1 atom stereocenters. The molecule has 1 unspecified atom stereocenters. The van der Waals surface area contributed by atoms with Gasteiger partial charge >= 0.3 is 71.3 Å². The van der Waals surface area contributed by atoms with Gasteiger partial charge in [0, 0.05) is 13.5 Å². The molecule has 0 saturated carbocycles. The third-order valence-electron chi connectivity index (χ3n) is 5.27. The van der Waals surface area contributed by atoms with Crippen molar-refractivity contribution in [2.75, 3.05) is 13.7 Å². The molecule has 1 nitrogen and oxygen atoms in total. The molecule has 0 aromatic heterocycles. The highest BCUT2D eigenvalue weighted by Gasteiger charge is 3.04. The van der Waals surface area contributed by atoms with Crippen molar-refractivity contribution in [2.24, 2.45) is 5.41 Å². The lowest BCUT2D eigenvalue weighted by atomic mass is 9.71. The molecule has 0 fully saturated rings. The van der Waals surface area contributed by atoms with Crippen molar-refractivity contribution in [1.29, 1.82) is 0 Å². The summed E-state index contributed by atoms with van der Waals surface area (Å²) < 4.78 is 339. The molecule has 0 aliphatic rings. The van der Waals surface area contributed by atoms with Crippen LogP contribution in [-0.4, -0.2) is 79.6 Å². The monoisotopic (exact) mass is 678 g/mol. The van der Waals surface area contributed by atoms with Crippen LogP contribution in [0.2, 0.25) is 0 Å². The quantitative estimate of drug-likeness (QED) is 0.210. The highest BCUT2D eigenvalue weighted by atomic mass is 19.4. The molecule has 0 aliphatic carbocycles. The molecule has 0 aromatic carbocycles. The zero-order chi connectivity index (χ0) is 34.1. The van der Waals surface area contributed by atoms with E-state index in [0.29, 0.717) is 0 Å². The van der Waals surface area contributed by atoms with Gasteiger partial charge in [0.25, 0.3) is 0 Å². The molecule has 0 radical (unpaired) electrons. The Morgan fingerprint density at radius 3 is 0.902 bits per heavy atom. The van der Waals surface area contributed by atoms with Crippen LogP contribution in [0.3, 0.4) is 0 Å². The van der Waals surface area contributed by atoms with Crippen LogP contribution in [0.15, 0.2) is 0 Å². The standard InChI is InChI=1S/C15H7F25O/c1-41-3-2-4(16,17)7(19,20)6(18,15(38,39)40)9(23,24)11(27,28)10(25,26)8(21,22)5(12(29,30)31,13(32,33)34)14(35,36)37/h2-3H2,1H3. The Kier molecular flexibility index (Phi) is 9.44. The summed E-state index contributed by atoms with van der Waals surface area (Å²) in [6.07, 6.45) is -39.1. The van der Waals surface area contributed by atoms with Gasteiger partial charge in [-0.15, -0.1) is 0 Å². The Morgan fingerprint density at radius 1 is 0.366 bits per heavy atom. The van der Waals surface area contributed by atoms with Crippen LogP contribution in [0.5, 0.6) is 0 Å². The topological polar surface area (TPSA) is 9.23 Å². The second-order valence-electron chi connectivity index (χ2n) is 7.72. The zero-order valence-corrected chi connectivity index (χ0v) is 18.3. The number of alkyl halides is 25. The maximum atomic E-state index is 14.3. The fourth-order valence-corrected chi connectivity index (χ4v) is 3.05.